The normalized spacial score (nSPS) is 14.8. The van der Waals surface area contributed by atoms with Crippen molar-refractivity contribution < 1.29 is 9.13 Å². The molecule has 0 unspecified atom stereocenters. The molecule has 0 aliphatic carbocycles. The summed E-state index contributed by atoms with van der Waals surface area (Å²) in [5, 5.41) is 6.30. The first kappa shape index (κ1) is 11.7. The first-order valence-corrected chi connectivity index (χ1v) is 5.75. The number of benzene rings is 1. The van der Waals surface area contributed by atoms with Gasteiger partial charge in [0, 0.05) is 13.1 Å². The highest BCUT2D eigenvalue weighted by molar-refractivity contribution is 5.80. The summed E-state index contributed by atoms with van der Waals surface area (Å²) in [5.41, 5.74) is 0. The third-order valence-electron chi connectivity index (χ3n) is 2.37. The lowest BCUT2D eigenvalue weighted by molar-refractivity contribution is 0.321. The van der Waals surface area contributed by atoms with Crippen molar-refractivity contribution >= 4 is 5.96 Å². The molecular weight excluding hydrogens is 221 g/mol. The Hall–Kier alpha value is -1.78. The van der Waals surface area contributed by atoms with E-state index in [1.54, 1.807) is 12.1 Å². The minimum atomic E-state index is -0.253. The van der Waals surface area contributed by atoms with Gasteiger partial charge in [-0.1, -0.05) is 0 Å². The maximum atomic E-state index is 12.6. The highest BCUT2D eigenvalue weighted by Gasteiger charge is 2.02. The lowest BCUT2D eigenvalue weighted by Crippen LogP contribution is -2.42. The molecule has 2 N–H and O–H groups in total. The van der Waals surface area contributed by atoms with Gasteiger partial charge >= 0.3 is 0 Å². The number of halogens is 1. The zero-order chi connectivity index (χ0) is 11.9. The van der Waals surface area contributed by atoms with Crippen LogP contribution in [0, 0.1) is 5.82 Å². The predicted molar refractivity (Wildman–Crippen MR) is 64.8 cm³/mol. The Morgan fingerprint density at radius 3 is 2.88 bits per heavy atom. The molecule has 1 aromatic carbocycles. The molecule has 0 aromatic heterocycles. The molecule has 0 amide bonds. The lowest BCUT2D eigenvalue weighted by Gasteiger charge is -2.16. The van der Waals surface area contributed by atoms with Crippen molar-refractivity contribution in [3.05, 3.63) is 30.1 Å². The van der Waals surface area contributed by atoms with E-state index >= 15 is 0 Å². The van der Waals surface area contributed by atoms with E-state index in [0.29, 0.717) is 18.9 Å². The number of guanidine groups is 1. The largest absolute Gasteiger partial charge is 0.492 e. The zero-order valence-electron chi connectivity index (χ0n) is 9.58. The van der Waals surface area contributed by atoms with Crippen LogP contribution in [0.1, 0.15) is 6.42 Å². The molecular formula is C12H16FN3O. The molecule has 1 aliphatic rings. The van der Waals surface area contributed by atoms with E-state index in [1.165, 1.54) is 12.1 Å². The minimum Gasteiger partial charge on any atom is -0.492 e. The molecule has 1 heterocycles. The Morgan fingerprint density at radius 2 is 2.18 bits per heavy atom. The number of aliphatic imine (C=N–C) groups is 1. The van der Waals surface area contributed by atoms with E-state index in [0.717, 1.165) is 25.5 Å². The molecule has 0 atom stereocenters. The highest BCUT2D eigenvalue weighted by Crippen LogP contribution is 2.10. The van der Waals surface area contributed by atoms with Gasteiger partial charge < -0.3 is 15.4 Å². The lowest BCUT2D eigenvalue weighted by atomic mass is 10.3. The Balaban J connectivity index is 1.66. The number of nitrogens with one attached hydrogen (secondary N) is 2. The zero-order valence-corrected chi connectivity index (χ0v) is 9.58. The Labute approximate surface area is 99.9 Å². The van der Waals surface area contributed by atoms with Gasteiger partial charge in [-0.3, -0.25) is 4.99 Å². The van der Waals surface area contributed by atoms with Gasteiger partial charge in [0.05, 0.1) is 6.54 Å². The predicted octanol–water partition coefficient (Wildman–Crippen LogP) is 1.14. The second-order valence-electron chi connectivity index (χ2n) is 3.74. The Kier molecular flexibility index (Phi) is 4.18. The van der Waals surface area contributed by atoms with E-state index in [-0.39, 0.29) is 5.82 Å². The SMILES string of the molecule is Fc1ccc(OCCNC2=NCCCN2)cc1. The van der Waals surface area contributed by atoms with Gasteiger partial charge in [-0.05, 0) is 30.7 Å². The topological polar surface area (TPSA) is 45.6 Å². The Bertz CT molecular complexity index is 378. The van der Waals surface area contributed by atoms with Crippen molar-refractivity contribution in [2.75, 3.05) is 26.2 Å². The first-order chi connectivity index (χ1) is 8.34. The van der Waals surface area contributed by atoms with Crippen LogP contribution in [-0.2, 0) is 0 Å². The number of rotatable bonds is 4. The van der Waals surface area contributed by atoms with E-state index in [9.17, 15) is 4.39 Å². The van der Waals surface area contributed by atoms with Crippen molar-refractivity contribution in [2.45, 2.75) is 6.42 Å². The first-order valence-electron chi connectivity index (χ1n) is 5.75. The van der Waals surface area contributed by atoms with Crippen LogP contribution in [0.3, 0.4) is 0 Å². The molecule has 92 valence electrons. The molecule has 0 saturated heterocycles. The second-order valence-corrected chi connectivity index (χ2v) is 3.74. The standard InChI is InChI=1S/C12H16FN3O/c13-10-2-4-11(5-3-10)17-9-8-16-12-14-6-1-7-15-12/h2-5H,1,6-9H2,(H2,14,15,16). The number of hydrogen-bond donors (Lipinski definition) is 2. The summed E-state index contributed by atoms with van der Waals surface area (Å²) in [4.78, 5) is 4.27. The van der Waals surface area contributed by atoms with Crippen LogP contribution in [-0.4, -0.2) is 32.2 Å². The smallest absolute Gasteiger partial charge is 0.191 e. The fourth-order valence-electron chi connectivity index (χ4n) is 1.52. The maximum Gasteiger partial charge on any atom is 0.191 e. The van der Waals surface area contributed by atoms with Crippen molar-refractivity contribution in [1.29, 1.82) is 0 Å². The summed E-state index contributed by atoms with van der Waals surface area (Å²) in [6.07, 6.45) is 1.08. The summed E-state index contributed by atoms with van der Waals surface area (Å²) < 4.78 is 18.1. The average Bonchev–Trinajstić information content (AvgIpc) is 2.38. The van der Waals surface area contributed by atoms with Gasteiger partial charge in [0.2, 0.25) is 0 Å². The van der Waals surface area contributed by atoms with Crippen LogP contribution >= 0.6 is 0 Å². The summed E-state index contributed by atoms with van der Waals surface area (Å²) >= 11 is 0. The van der Waals surface area contributed by atoms with Crippen molar-refractivity contribution in [2.24, 2.45) is 4.99 Å². The molecule has 1 aliphatic heterocycles. The molecule has 1 aromatic rings. The van der Waals surface area contributed by atoms with Crippen LogP contribution in [0.25, 0.3) is 0 Å². The van der Waals surface area contributed by atoms with Crippen molar-refractivity contribution in [1.82, 2.24) is 10.6 Å². The summed E-state index contributed by atoms with van der Waals surface area (Å²) in [6.45, 7) is 3.02. The molecule has 0 radical (unpaired) electrons. The monoisotopic (exact) mass is 237 g/mol. The van der Waals surface area contributed by atoms with Gasteiger partial charge in [0.15, 0.2) is 5.96 Å². The van der Waals surface area contributed by atoms with E-state index < -0.39 is 0 Å². The third kappa shape index (κ3) is 3.94. The molecule has 17 heavy (non-hydrogen) atoms. The number of hydrogen-bond acceptors (Lipinski definition) is 4. The molecule has 0 spiro atoms. The quantitative estimate of drug-likeness (QED) is 0.772. The Morgan fingerprint density at radius 1 is 1.35 bits per heavy atom. The van der Waals surface area contributed by atoms with Gasteiger partial charge in [0.1, 0.15) is 18.2 Å². The minimum absolute atomic E-state index is 0.253. The summed E-state index contributed by atoms with van der Waals surface area (Å²) in [7, 11) is 0. The van der Waals surface area contributed by atoms with Gasteiger partial charge in [-0.15, -0.1) is 0 Å². The fourth-order valence-corrected chi connectivity index (χ4v) is 1.52. The third-order valence-corrected chi connectivity index (χ3v) is 2.37. The van der Waals surface area contributed by atoms with Crippen molar-refractivity contribution in [3.63, 3.8) is 0 Å². The van der Waals surface area contributed by atoms with Crippen LogP contribution in [0.4, 0.5) is 4.39 Å². The number of ether oxygens (including phenoxy) is 1. The highest BCUT2D eigenvalue weighted by atomic mass is 19.1. The van der Waals surface area contributed by atoms with Gasteiger partial charge in [0.25, 0.3) is 0 Å². The summed E-state index contributed by atoms with van der Waals surface area (Å²) in [6, 6.07) is 6.00. The van der Waals surface area contributed by atoms with E-state index in [4.69, 9.17) is 4.74 Å². The fraction of sp³-hybridized carbons (Fsp3) is 0.417. The molecule has 4 nitrogen and oxygen atoms in total. The van der Waals surface area contributed by atoms with Gasteiger partial charge in [-0.2, -0.15) is 0 Å². The maximum absolute atomic E-state index is 12.6. The van der Waals surface area contributed by atoms with E-state index in [1.807, 2.05) is 0 Å². The second kappa shape index (κ2) is 6.08. The van der Waals surface area contributed by atoms with Crippen LogP contribution in [0.15, 0.2) is 29.3 Å². The average molecular weight is 237 g/mol. The van der Waals surface area contributed by atoms with Crippen molar-refractivity contribution in [3.8, 4) is 5.75 Å². The molecule has 2 rings (SSSR count). The molecule has 0 saturated carbocycles. The number of nitrogens with zero attached hydrogens (tertiary/aromatic N) is 1. The van der Waals surface area contributed by atoms with Crippen LogP contribution in [0.2, 0.25) is 0 Å². The van der Waals surface area contributed by atoms with Gasteiger partial charge in [-0.25, -0.2) is 4.39 Å². The molecule has 0 bridgehead atoms. The summed E-state index contributed by atoms with van der Waals surface area (Å²) in [5.74, 6) is 1.25. The van der Waals surface area contributed by atoms with E-state index in [2.05, 4.69) is 15.6 Å². The van der Waals surface area contributed by atoms with Crippen LogP contribution in [0.5, 0.6) is 5.75 Å². The van der Waals surface area contributed by atoms with Crippen LogP contribution < -0.4 is 15.4 Å². The molecule has 5 heteroatoms. The molecule has 0 fully saturated rings.